The molecule has 3 aromatic rings. The standard InChI is InChI=1S/C61H71NO10/c1-35(64)33-62-46-24-37(34-63)22-42(27-46)39-16-17-40-32-55(67)72-58-47(40)29-43(57(68)56(58)38-11-3-2-4-12-38)31-54-61(70)50-15-6-5-13-41(50)28-48-49(52(65)19-18-51(48)61)25-36-10-9-14-45(23-36)60(20-7-8-21-60)53(66)30-44(26-39)59(69)71-54/h5,9-10,13-14,22-24,27,29-30,35,38-41,48-51,53-54,62-64,66,68,70H,2-4,6-8,11-12,15,18-21,25-26,28,31-34H2,1H3/b44-30-/t35-,39-,40+,41-,48-,49-,50-,51+,53-,54+,61-/m0/s1. The lowest BCUT2D eigenvalue weighted by atomic mass is 9.49. The molecule has 0 radical (unpaired) electrons. The Labute approximate surface area is 423 Å². The number of phenolic OH excluding ortho intramolecular Hbond substituents is 1. The molecule has 6 N–H and O–H groups in total. The first-order valence-corrected chi connectivity index (χ1v) is 27.2. The zero-order valence-electron chi connectivity index (χ0n) is 41.6. The van der Waals surface area contributed by atoms with Gasteiger partial charge in [-0.25, -0.2) is 4.79 Å². The van der Waals surface area contributed by atoms with Crippen molar-refractivity contribution < 1.29 is 49.4 Å². The van der Waals surface area contributed by atoms with Crippen LogP contribution < -0.4 is 10.1 Å². The van der Waals surface area contributed by atoms with Crippen molar-refractivity contribution >= 4 is 23.4 Å². The number of nitrogens with one attached hydrogen (secondary N) is 1. The third-order valence-electron chi connectivity index (χ3n) is 18.7. The number of phenols is 1. The SMILES string of the molecule is C[C@H](O)CNc1cc(CO)cc([C@H]2C#C[C@@H]3CC(=O)Oc4c3cc(c(O)c4C3CCCCC3)C[C@H]3OC(=O)/C(=C\[C@H](O)C4(CCCC4)c4cccc(c4)C[C@@H]4C(=O)CC[C@@H]5[C@H]4C[C@@H]4C=CCC[C@@H]4[C@]53O)C2)c1. The van der Waals surface area contributed by atoms with Crippen LogP contribution in [0, 0.1) is 41.4 Å². The second-order valence-electron chi connectivity index (χ2n) is 23.0. The molecule has 5 aliphatic carbocycles. The van der Waals surface area contributed by atoms with Crippen LogP contribution in [-0.2, 0) is 44.0 Å². The van der Waals surface area contributed by atoms with E-state index in [2.05, 4.69) is 47.5 Å². The van der Waals surface area contributed by atoms with E-state index in [1.165, 1.54) is 0 Å². The molecule has 11 rings (SSSR count). The van der Waals surface area contributed by atoms with Gasteiger partial charge in [-0.2, -0.15) is 0 Å². The number of hydrogen-bond donors (Lipinski definition) is 6. The molecule has 0 aromatic heterocycles. The maximum absolute atomic E-state index is 15.9. The van der Waals surface area contributed by atoms with Crippen molar-refractivity contribution in [1.82, 2.24) is 0 Å². The number of esters is 2. The molecule has 0 saturated heterocycles. The number of Topliss-reactive ketones (excluding diaryl/α,β-unsaturated/α-hetero) is 1. The number of carbonyl (C=O) groups excluding carboxylic acids is 3. The first-order valence-electron chi connectivity index (χ1n) is 27.2. The summed E-state index contributed by atoms with van der Waals surface area (Å²) in [7, 11) is 0. The molecule has 11 atom stereocenters. The Kier molecular flexibility index (Phi) is 13.5. The molecule has 0 unspecified atom stereocenters. The highest BCUT2D eigenvalue weighted by atomic mass is 16.6. The third kappa shape index (κ3) is 8.92. The van der Waals surface area contributed by atoms with Gasteiger partial charge in [0.1, 0.15) is 29.0 Å². The normalized spacial score (nSPS) is 33.2. The summed E-state index contributed by atoms with van der Waals surface area (Å²) in [5.74, 6) is 3.49. The highest BCUT2D eigenvalue weighted by Gasteiger charge is 2.62. The van der Waals surface area contributed by atoms with Crippen molar-refractivity contribution in [2.45, 2.75) is 176 Å². The topological polar surface area (TPSA) is 183 Å². The number of benzene rings is 3. The predicted molar refractivity (Wildman–Crippen MR) is 272 cm³/mol. The van der Waals surface area contributed by atoms with Crippen LogP contribution in [0.3, 0.4) is 0 Å². The van der Waals surface area contributed by atoms with Crippen LogP contribution >= 0.6 is 0 Å². The summed E-state index contributed by atoms with van der Waals surface area (Å²) < 4.78 is 13.3. The fourth-order valence-corrected chi connectivity index (χ4v) is 15.1. The van der Waals surface area contributed by atoms with Gasteiger partial charge in [0.2, 0.25) is 0 Å². The number of aromatic hydroxyl groups is 1. The van der Waals surface area contributed by atoms with E-state index in [9.17, 15) is 35.1 Å². The number of ketones is 1. The molecule has 3 aromatic carbocycles. The quantitative estimate of drug-likeness (QED) is 0.0600. The third-order valence-corrected chi connectivity index (χ3v) is 18.7. The molecule has 3 heterocycles. The van der Waals surface area contributed by atoms with Gasteiger partial charge in [0.05, 0.1) is 31.2 Å². The zero-order valence-corrected chi connectivity index (χ0v) is 41.6. The second-order valence-corrected chi connectivity index (χ2v) is 23.0. The summed E-state index contributed by atoms with van der Waals surface area (Å²) in [6.07, 6.45) is 14.0. The predicted octanol–water partition coefficient (Wildman–Crippen LogP) is 9.05. The summed E-state index contributed by atoms with van der Waals surface area (Å²) in [6, 6.07) is 15.8. The number of aliphatic hydroxyl groups excluding tert-OH is 3. The van der Waals surface area contributed by atoms with E-state index in [1.807, 2.05) is 30.3 Å². The van der Waals surface area contributed by atoms with Gasteiger partial charge >= 0.3 is 11.9 Å². The first kappa shape index (κ1) is 49.0. The van der Waals surface area contributed by atoms with E-state index in [4.69, 9.17) is 9.47 Å². The Morgan fingerprint density at radius 3 is 2.49 bits per heavy atom. The number of fused-ring (bicyclic) bond motifs is 10. The molecule has 8 aliphatic rings. The maximum Gasteiger partial charge on any atom is 0.334 e. The van der Waals surface area contributed by atoms with Crippen LogP contribution in [0.4, 0.5) is 5.69 Å². The second kappa shape index (κ2) is 19.9. The van der Waals surface area contributed by atoms with E-state index in [0.29, 0.717) is 77.8 Å². The van der Waals surface area contributed by atoms with Crippen LogP contribution in [0.2, 0.25) is 0 Å². The summed E-state index contributed by atoms with van der Waals surface area (Å²) in [5.41, 5.74) is 3.43. The molecule has 0 amide bonds. The van der Waals surface area contributed by atoms with E-state index < -0.39 is 59.0 Å². The van der Waals surface area contributed by atoms with Gasteiger partial charge in [-0.1, -0.05) is 86.4 Å². The van der Waals surface area contributed by atoms with Gasteiger partial charge in [-0.15, -0.1) is 0 Å². The van der Waals surface area contributed by atoms with E-state index in [1.54, 1.807) is 13.0 Å². The lowest BCUT2D eigenvalue weighted by Gasteiger charge is -2.58. The Hall–Kier alpha value is -5.25. The molecule has 4 saturated carbocycles. The van der Waals surface area contributed by atoms with Crippen molar-refractivity contribution in [3.63, 3.8) is 0 Å². The minimum Gasteiger partial charge on any atom is -0.507 e. The van der Waals surface area contributed by atoms with Crippen molar-refractivity contribution in [3.8, 4) is 23.3 Å². The number of carbonyl (C=O) groups is 3. The van der Waals surface area contributed by atoms with Crippen LogP contribution in [0.25, 0.3) is 0 Å². The van der Waals surface area contributed by atoms with Crippen molar-refractivity contribution in [3.05, 3.63) is 111 Å². The van der Waals surface area contributed by atoms with E-state index >= 15 is 4.79 Å². The molecule has 3 aliphatic heterocycles. The summed E-state index contributed by atoms with van der Waals surface area (Å²) in [5, 5.41) is 64.2. The van der Waals surface area contributed by atoms with Crippen LogP contribution in [0.1, 0.15) is 166 Å². The Morgan fingerprint density at radius 1 is 0.889 bits per heavy atom. The molecular weight excluding hydrogens is 907 g/mol. The minimum absolute atomic E-state index is 0.0128. The zero-order chi connectivity index (χ0) is 49.9. The number of rotatable bonds is 6. The van der Waals surface area contributed by atoms with E-state index in [0.717, 1.165) is 68.9 Å². The van der Waals surface area contributed by atoms with Crippen molar-refractivity contribution in [2.24, 2.45) is 29.6 Å². The molecule has 4 fully saturated rings. The number of aliphatic hydroxyl groups is 4. The lowest BCUT2D eigenvalue weighted by Crippen LogP contribution is -2.65. The number of anilines is 1. The first-order chi connectivity index (χ1) is 34.8. The highest BCUT2D eigenvalue weighted by Crippen LogP contribution is 2.59. The van der Waals surface area contributed by atoms with Gasteiger partial charge in [0, 0.05) is 59.0 Å². The monoisotopic (exact) mass is 978 g/mol. The molecule has 1 spiro atoms. The van der Waals surface area contributed by atoms with E-state index in [-0.39, 0.29) is 79.1 Å². The van der Waals surface area contributed by atoms with Gasteiger partial charge < -0.3 is 40.3 Å². The summed E-state index contributed by atoms with van der Waals surface area (Å²) in [6.45, 7) is 1.64. The van der Waals surface area contributed by atoms with Gasteiger partial charge in [0.25, 0.3) is 0 Å². The van der Waals surface area contributed by atoms with Crippen molar-refractivity contribution in [1.29, 1.82) is 0 Å². The van der Waals surface area contributed by atoms with Crippen molar-refractivity contribution in [2.75, 3.05) is 11.9 Å². The lowest BCUT2D eigenvalue weighted by molar-refractivity contribution is -0.221. The average molecular weight is 978 g/mol. The summed E-state index contributed by atoms with van der Waals surface area (Å²) in [4.78, 5) is 44.2. The van der Waals surface area contributed by atoms with Gasteiger partial charge in [-0.3, -0.25) is 9.59 Å². The smallest absolute Gasteiger partial charge is 0.334 e. The number of hydrogen-bond acceptors (Lipinski definition) is 11. The maximum atomic E-state index is 15.9. The van der Waals surface area contributed by atoms with Crippen LogP contribution in [0.15, 0.2) is 72.3 Å². The molecule has 11 heteroatoms. The molecule has 11 nitrogen and oxygen atoms in total. The Balaban J connectivity index is 1.17. The number of ether oxygens (including phenoxy) is 2. The molecule has 10 bridgehead atoms. The number of allylic oxidation sites excluding steroid dienone is 2. The molecule has 72 heavy (non-hydrogen) atoms. The molecular formula is C61H71NO10. The highest BCUT2D eigenvalue weighted by molar-refractivity contribution is 5.89. The average Bonchev–Trinajstić information content (AvgIpc) is 3.89. The largest absolute Gasteiger partial charge is 0.507 e. The molecule has 380 valence electrons. The van der Waals surface area contributed by atoms with Gasteiger partial charge in [0.15, 0.2) is 0 Å². The van der Waals surface area contributed by atoms with Crippen LogP contribution in [0.5, 0.6) is 11.5 Å². The minimum atomic E-state index is -1.64. The fraction of sp³-hybridized carbons (Fsp3) is 0.557. The Bertz CT molecular complexity index is 2730. The summed E-state index contributed by atoms with van der Waals surface area (Å²) >= 11 is 0. The van der Waals surface area contributed by atoms with Gasteiger partial charge in [-0.05, 0) is 153 Å². The Morgan fingerprint density at radius 2 is 1.69 bits per heavy atom. The fourth-order valence-electron chi connectivity index (χ4n) is 15.1. The van der Waals surface area contributed by atoms with Crippen LogP contribution in [-0.4, -0.2) is 73.7 Å².